The highest BCUT2D eigenvalue weighted by molar-refractivity contribution is 5.75. The Hall–Kier alpha value is -4.18. The van der Waals surface area contributed by atoms with Crippen LogP contribution >= 0.6 is 0 Å². The minimum absolute atomic E-state index is 0.243. The third-order valence-electron chi connectivity index (χ3n) is 9.99. The molecule has 3 aliphatic rings. The SMILES string of the molecule is Nc1cc(COc2nc(-c3ccc(N4CCN(CCCCCCCCC(=O)NCC5CC6C=CC5C6)CC4)cc3)cnc2N)ccn1. The number of carbonyl (C=O) groups is 1. The van der Waals surface area contributed by atoms with Gasteiger partial charge in [-0.15, -0.1) is 0 Å². The van der Waals surface area contributed by atoms with Crippen LogP contribution in [0.4, 0.5) is 17.3 Å². The van der Waals surface area contributed by atoms with Crippen molar-refractivity contribution in [2.75, 3.05) is 55.6 Å². The van der Waals surface area contributed by atoms with Crippen molar-refractivity contribution in [2.45, 2.75) is 64.4 Å². The van der Waals surface area contributed by atoms with Crippen LogP contribution in [0, 0.1) is 17.8 Å². The standard InChI is InChI=1S/C37H50N8O2/c38-34-23-28(14-15-40-34)26-47-37-36(39)42-25-33(43-37)29-10-12-32(13-11-29)45-19-17-44(18-20-45)16-6-4-2-1-3-5-7-35(46)41-24-31-22-27-8-9-30(31)21-27/h8-15,23,25,27,30-31H,1-7,16-22,24,26H2,(H2,38,40)(H2,39,42)(H,41,46). The fraction of sp³-hybridized carbons (Fsp3) is 0.514. The summed E-state index contributed by atoms with van der Waals surface area (Å²) in [5, 5.41) is 3.19. The van der Waals surface area contributed by atoms with Gasteiger partial charge in [0.05, 0.1) is 11.9 Å². The molecule has 3 unspecified atom stereocenters. The van der Waals surface area contributed by atoms with E-state index < -0.39 is 0 Å². The van der Waals surface area contributed by atoms with Crippen LogP contribution < -0.4 is 26.4 Å². The topological polar surface area (TPSA) is 136 Å². The minimum atomic E-state index is 0.243. The number of fused-ring (bicyclic) bond motifs is 2. The van der Waals surface area contributed by atoms with Crippen molar-refractivity contribution in [1.29, 1.82) is 0 Å². The van der Waals surface area contributed by atoms with Crippen molar-refractivity contribution in [2.24, 2.45) is 17.8 Å². The van der Waals surface area contributed by atoms with Crippen molar-refractivity contribution in [3.63, 3.8) is 0 Å². The van der Waals surface area contributed by atoms with E-state index in [1.54, 1.807) is 18.5 Å². The van der Waals surface area contributed by atoms with E-state index in [0.29, 0.717) is 35.6 Å². The second-order valence-electron chi connectivity index (χ2n) is 13.4. The summed E-state index contributed by atoms with van der Waals surface area (Å²) in [4.78, 5) is 30.2. The summed E-state index contributed by atoms with van der Waals surface area (Å²) in [6.07, 6.45) is 18.5. The van der Waals surface area contributed by atoms with Gasteiger partial charge in [0.25, 0.3) is 5.88 Å². The summed E-state index contributed by atoms with van der Waals surface area (Å²) >= 11 is 0. The number of aromatic nitrogens is 3. The van der Waals surface area contributed by atoms with Gasteiger partial charge in [0.2, 0.25) is 5.91 Å². The number of amides is 1. The van der Waals surface area contributed by atoms with Gasteiger partial charge in [-0.3, -0.25) is 9.69 Å². The molecule has 3 heterocycles. The van der Waals surface area contributed by atoms with Crippen LogP contribution in [0.15, 0.2) is 60.9 Å². The molecule has 3 atom stereocenters. The predicted molar refractivity (Wildman–Crippen MR) is 188 cm³/mol. The van der Waals surface area contributed by atoms with Crippen LogP contribution in [0.3, 0.4) is 0 Å². The Bertz CT molecular complexity index is 1490. The van der Waals surface area contributed by atoms with E-state index in [9.17, 15) is 4.79 Å². The van der Waals surface area contributed by atoms with Crippen LogP contribution in [-0.2, 0) is 11.4 Å². The van der Waals surface area contributed by atoms with Gasteiger partial charge < -0.3 is 26.4 Å². The zero-order chi connectivity index (χ0) is 32.4. The molecule has 2 bridgehead atoms. The average Bonchev–Trinajstić information content (AvgIpc) is 3.73. The monoisotopic (exact) mass is 638 g/mol. The number of pyridine rings is 1. The molecule has 3 aromatic rings. The van der Waals surface area contributed by atoms with E-state index >= 15 is 0 Å². The van der Waals surface area contributed by atoms with E-state index in [1.165, 1.54) is 50.8 Å². The smallest absolute Gasteiger partial charge is 0.258 e. The van der Waals surface area contributed by atoms with E-state index in [-0.39, 0.29) is 18.3 Å². The maximum Gasteiger partial charge on any atom is 0.258 e. The molecule has 0 radical (unpaired) electrons. The molecule has 250 valence electrons. The minimum Gasteiger partial charge on any atom is -0.470 e. The fourth-order valence-electron chi connectivity index (χ4n) is 7.23. The maximum atomic E-state index is 12.2. The number of ether oxygens (including phenoxy) is 1. The normalized spacial score (nSPS) is 20.5. The maximum absolute atomic E-state index is 12.2. The highest BCUT2D eigenvalue weighted by Gasteiger charge is 2.35. The first-order valence-electron chi connectivity index (χ1n) is 17.5. The lowest BCUT2D eigenvalue weighted by molar-refractivity contribution is -0.121. The summed E-state index contributed by atoms with van der Waals surface area (Å²) in [6, 6.07) is 12.1. The summed E-state index contributed by atoms with van der Waals surface area (Å²) in [5.74, 6) is 3.39. The van der Waals surface area contributed by atoms with Gasteiger partial charge in [0.1, 0.15) is 12.4 Å². The molecule has 1 aliphatic heterocycles. The van der Waals surface area contributed by atoms with E-state index in [1.807, 2.05) is 6.07 Å². The predicted octanol–water partition coefficient (Wildman–Crippen LogP) is 5.46. The summed E-state index contributed by atoms with van der Waals surface area (Å²) < 4.78 is 5.85. The van der Waals surface area contributed by atoms with Gasteiger partial charge >= 0.3 is 0 Å². The second kappa shape index (κ2) is 16.1. The Morgan fingerprint density at radius 3 is 2.45 bits per heavy atom. The Morgan fingerprint density at radius 1 is 0.915 bits per heavy atom. The Morgan fingerprint density at radius 2 is 1.70 bits per heavy atom. The quantitative estimate of drug-likeness (QED) is 0.138. The molecule has 2 aromatic heterocycles. The number of hydrogen-bond donors (Lipinski definition) is 3. The van der Waals surface area contributed by atoms with Crippen LogP contribution in [0.25, 0.3) is 11.3 Å². The molecule has 1 aromatic carbocycles. The number of allylic oxidation sites excluding steroid dienone is 2. The highest BCUT2D eigenvalue weighted by Crippen LogP contribution is 2.43. The Balaban J connectivity index is 0.831. The zero-order valence-corrected chi connectivity index (χ0v) is 27.5. The molecule has 0 spiro atoms. The number of hydrogen-bond acceptors (Lipinski definition) is 9. The van der Waals surface area contributed by atoms with Gasteiger partial charge in [-0.05, 0) is 79.8 Å². The van der Waals surface area contributed by atoms with Crippen molar-refractivity contribution in [3.05, 3.63) is 66.5 Å². The molecule has 47 heavy (non-hydrogen) atoms. The summed E-state index contributed by atoms with van der Waals surface area (Å²) in [5.41, 5.74) is 15.6. The third-order valence-corrected chi connectivity index (χ3v) is 9.99. The summed E-state index contributed by atoms with van der Waals surface area (Å²) in [6.45, 7) is 6.54. The molecule has 1 saturated carbocycles. The first-order valence-corrected chi connectivity index (χ1v) is 17.5. The number of piperazine rings is 1. The molecule has 1 saturated heterocycles. The van der Waals surface area contributed by atoms with Crippen LogP contribution in [0.1, 0.15) is 63.4 Å². The van der Waals surface area contributed by atoms with Gasteiger partial charge in [-0.2, -0.15) is 0 Å². The zero-order valence-electron chi connectivity index (χ0n) is 27.5. The molecule has 2 aliphatic carbocycles. The highest BCUT2D eigenvalue weighted by atomic mass is 16.5. The molecule has 5 N–H and O–H groups in total. The molecule has 6 rings (SSSR count). The molecule has 10 heteroatoms. The van der Waals surface area contributed by atoms with Gasteiger partial charge in [0.15, 0.2) is 5.82 Å². The molecular formula is C37H50N8O2. The summed E-state index contributed by atoms with van der Waals surface area (Å²) in [7, 11) is 0. The molecular weight excluding hydrogens is 588 g/mol. The van der Waals surface area contributed by atoms with Crippen molar-refractivity contribution in [1.82, 2.24) is 25.2 Å². The largest absolute Gasteiger partial charge is 0.470 e. The first-order chi connectivity index (χ1) is 23.0. The van der Waals surface area contributed by atoms with Crippen LogP contribution in [0.5, 0.6) is 5.88 Å². The Kier molecular flexibility index (Phi) is 11.2. The number of nitrogens with one attached hydrogen (secondary N) is 1. The van der Waals surface area contributed by atoms with Crippen molar-refractivity contribution < 1.29 is 9.53 Å². The number of carbonyl (C=O) groups excluding carboxylic acids is 1. The fourth-order valence-corrected chi connectivity index (χ4v) is 7.23. The number of nitrogens with zero attached hydrogens (tertiary/aromatic N) is 5. The van der Waals surface area contributed by atoms with Crippen molar-refractivity contribution >= 4 is 23.2 Å². The third kappa shape index (κ3) is 9.22. The average molecular weight is 639 g/mol. The molecule has 2 fully saturated rings. The van der Waals surface area contributed by atoms with E-state index in [2.05, 4.69) is 66.5 Å². The van der Waals surface area contributed by atoms with Crippen LogP contribution in [-0.4, -0.2) is 65.0 Å². The van der Waals surface area contributed by atoms with Gasteiger partial charge in [-0.25, -0.2) is 15.0 Å². The number of nitrogens with two attached hydrogens (primary N) is 2. The number of benzene rings is 1. The first kappa shape index (κ1) is 32.7. The lowest BCUT2D eigenvalue weighted by Crippen LogP contribution is -2.46. The van der Waals surface area contributed by atoms with Crippen molar-refractivity contribution in [3.8, 4) is 17.1 Å². The lowest BCUT2D eigenvalue weighted by Gasteiger charge is -2.36. The van der Waals surface area contributed by atoms with E-state index in [4.69, 9.17) is 16.2 Å². The molecule has 1 amide bonds. The number of unbranched alkanes of at least 4 members (excludes halogenated alkanes) is 5. The van der Waals surface area contributed by atoms with Gasteiger partial charge in [-0.1, -0.05) is 50.0 Å². The van der Waals surface area contributed by atoms with Gasteiger partial charge in [0, 0.05) is 56.6 Å². The number of rotatable bonds is 16. The number of anilines is 3. The van der Waals surface area contributed by atoms with Crippen LogP contribution in [0.2, 0.25) is 0 Å². The molecule has 10 nitrogen and oxygen atoms in total. The lowest BCUT2D eigenvalue weighted by atomic mass is 9.93. The van der Waals surface area contributed by atoms with E-state index in [0.717, 1.165) is 62.6 Å². The number of nitrogen functional groups attached to an aromatic ring is 2. The second-order valence-corrected chi connectivity index (χ2v) is 13.4. The Labute approximate surface area is 279 Å².